The van der Waals surface area contributed by atoms with E-state index in [2.05, 4.69) is 124 Å². The smallest absolute Gasteiger partial charge is 0.0387 e. The summed E-state index contributed by atoms with van der Waals surface area (Å²) in [6, 6.07) is 37.0. The highest BCUT2D eigenvalue weighted by Crippen LogP contribution is 2.60. The summed E-state index contributed by atoms with van der Waals surface area (Å²) in [5.41, 5.74) is 15.1. The van der Waals surface area contributed by atoms with Crippen LogP contribution in [0.3, 0.4) is 0 Å². The summed E-state index contributed by atoms with van der Waals surface area (Å²) in [5.74, 6) is 0.543. The van der Waals surface area contributed by atoms with Crippen molar-refractivity contribution in [2.45, 2.75) is 76.5 Å². The highest BCUT2D eigenvalue weighted by molar-refractivity contribution is 6.02. The Hall–Kier alpha value is -4.02. The molecule has 8 rings (SSSR count). The van der Waals surface area contributed by atoms with Gasteiger partial charge in [0.1, 0.15) is 0 Å². The summed E-state index contributed by atoms with van der Waals surface area (Å²) in [4.78, 5) is 0. The van der Waals surface area contributed by atoms with Crippen molar-refractivity contribution in [1.29, 1.82) is 0 Å². The van der Waals surface area contributed by atoms with Crippen molar-refractivity contribution >= 4 is 22.1 Å². The maximum Gasteiger partial charge on any atom is 0.0387 e. The molecule has 0 aliphatic heterocycles. The molecule has 0 aromatic heterocycles. The minimum Gasteiger partial charge on any atom is -0.356 e. The first-order valence-electron chi connectivity index (χ1n) is 15.4. The Kier molecular flexibility index (Phi) is 5.28. The third-order valence-corrected chi connectivity index (χ3v) is 10.4. The van der Waals surface area contributed by atoms with Gasteiger partial charge in [0.25, 0.3) is 0 Å². The third-order valence-electron chi connectivity index (χ3n) is 10.4. The van der Waals surface area contributed by atoms with Gasteiger partial charge in [0.15, 0.2) is 0 Å². The van der Waals surface area contributed by atoms with Gasteiger partial charge in [-0.15, -0.1) is 0 Å². The van der Waals surface area contributed by atoms with Crippen LogP contribution < -0.4 is 5.32 Å². The quantitative estimate of drug-likeness (QED) is 0.244. The van der Waals surface area contributed by atoms with Crippen LogP contribution in [0, 0.1) is 12.1 Å². The lowest BCUT2D eigenvalue weighted by Crippen LogP contribution is -2.28. The van der Waals surface area contributed by atoms with Gasteiger partial charge in [-0.25, -0.2) is 0 Å². The molecule has 5 aromatic carbocycles. The third kappa shape index (κ3) is 3.50. The molecule has 0 saturated heterocycles. The van der Waals surface area contributed by atoms with Crippen LogP contribution in [-0.2, 0) is 10.8 Å². The van der Waals surface area contributed by atoms with Crippen LogP contribution in [0.4, 0.5) is 11.4 Å². The summed E-state index contributed by atoms with van der Waals surface area (Å²) in [7, 11) is 0. The number of benzene rings is 4. The van der Waals surface area contributed by atoms with Gasteiger partial charge in [-0.2, -0.15) is 0 Å². The zero-order valence-corrected chi connectivity index (χ0v) is 24.6. The Morgan fingerprint density at radius 3 is 2.17 bits per heavy atom. The maximum atomic E-state index is 3.73. The molecule has 0 radical (unpaired) electrons. The average molecular weight is 532 g/mol. The fraction of sp³-hybridized carbons (Fsp3) is 0.300. The highest BCUT2D eigenvalue weighted by atomic mass is 14.9. The molecule has 41 heavy (non-hydrogen) atoms. The minimum atomic E-state index is -0.105. The molecule has 3 aliphatic rings. The average Bonchev–Trinajstić information content (AvgIpc) is 3.37. The highest BCUT2D eigenvalue weighted by Gasteiger charge is 2.46. The SMILES string of the molecule is CC(C)c1ccc(Nc2ccc3c(c2)C2(CCCCC2)c2cc4c(cc2-3)C(C)(C)c2c#cc3ccccc3c2-4)cc1. The van der Waals surface area contributed by atoms with Gasteiger partial charge in [-0.1, -0.05) is 95.5 Å². The standard InChI is InChI=1S/C40H37N/c1-25(2)26-12-15-28(16-13-26)41-29-17-18-31-32-23-35-33(24-37(32)40(36(31)22-29)20-8-5-9-21-40)38-30-11-7-6-10-27(30)14-19-34(38)39(35,3)4/h6-7,10-13,15-18,22-25,41H,5,8-9,20-21H2,1-4H3. The van der Waals surface area contributed by atoms with E-state index in [1.165, 1.54) is 87.7 Å². The Labute approximate surface area is 244 Å². The predicted molar refractivity (Wildman–Crippen MR) is 172 cm³/mol. The van der Waals surface area contributed by atoms with E-state index < -0.39 is 0 Å². The zero-order chi connectivity index (χ0) is 27.9. The van der Waals surface area contributed by atoms with Crippen molar-refractivity contribution in [1.82, 2.24) is 0 Å². The first kappa shape index (κ1) is 24.8. The molecule has 0 heterocycles. The van der Waals surface area contributed by atoms with Crippen molar-refractivity contribution < 1.29 is 0 Å². The lowest BCUT2D eigenvalue weighted by atomic mass is 9.67. The molecule has 1 fully saturated rings. The fourth-order valence-corrected chi connectivity index (χ4v) is 8.17. The second-order valence-corrected chi connectivity index (χ2v) is 13.4. The molecule has 1 saturated carbocycles. The van der Waals surface area contributed by atoms with Crippen LogP contribution in [0.5, 0.6) is 0 Å². The largest absolute Gasteiger partial charge is 0.356 e. The van der Waals surface area contributed by atoms with E-state index in [-0.39, 0.29) is 10.8 Å². The summed E-state index contributed by atoms with van der Waals surface area (Å²) in [5, 5.41) is 6.19. The van der Waals surface area contributed by atoms with Crippen LogP contribution in [0.2, 0.25) is 0 Å². The van der Waals surface area contributed by atoms with E-state index in [0.717, 1.165) is 11.1 Å². The molecule has 1 spiro atoms. The van der Waals surface area contributed by atoms with Crippen molar-refractivity contribution in [2.75, 3.05) is 5.32 Å². The monoisotopic (exact) mass is 531 g/mol. The van der Waals surface area contributed by atoms with Crippen LogP contribution >= 0.6 is 0 Å². The van der Waals surface area contributed by atoms with Gasteiger partial charge in [0.05, 0.1) is 0 Å². The second kappa shape index (κ2) is 8.74. The van der Waals surface area contributed by atoms with Gasteiger partial charge in [-0.05, 0) is 106 Å². The number of nitrogens with one attached hydrogen (secondary N) is 1. The Morgan fingerprint density at radius 1 is 0.683 bits per heavy atom. The van der Waals surface area contributed by atoms with Crippen LogP contribution in [0.1, 0.15) is 93.5 Å². The molecule has 202 valence electrons. The first-order chi connectivity index (χ1) is 19.9. The van der Waals surface area contributed by atoms with Gasteiger partial charge in [0.2, 0.25) is 0 Å². The summed E-state index contributed by atoms with van der Waals surface area (Å²) in [6.45, 7) is 9.23. The van der Waals surface area contributed by atoms with Gasteiger partial charge in [-0.3, -0.25) is 0 Å². The van der Waals surface area contributed by atoms with Crippen LogP contribution in [0.25, 0.3) is 33.0 Å². The molecule has 1 heteroatoms. The second-order valence-electron chi connectivity index (χ2n) is 13.4. The molecule has 0 unspecified atom stereocenters. The lowest BCUT2D eigenvalue weighted by molar-refractivity contribution is 0.353. The molecule has 0 amide bonds. The summed E-state index contributed by atoms with van der Waals surface area (Å²) < 4.78 is 0. The van der Waals surface area contributed by atoms with E-state index >= 15 is 0 Å². The Balaban J connectivity index is 1.29. The summed E-state index contributed by atoms with van der Waals surface area (Å²) >= 11 is 0. The molecule has 0 bridgehead atoms. The topological polar surface area (TPSA) is 12.0 Å². The van der Waals surface area contributed by atoms with Crippen LogP contribution in [-0.4, -0.2) is 0 Å². The Morgan fingerprint density at radius 2 is 1.39 bits per heavy atom. The van der Waals surface area contributed by atoms with Crippen LogP contribution in [0.15, 0.2) is 78.9 Å². The van der Waals surface area contributed by atoms with Crippen molar-refractivity contribution in [3.05, 3.63) is 119 Å². The van der Waals surface area contributed by atoms with E-state index in [9.17, 15) is 0 Å². The number of hydrogen-bond acceptors (Lipinski definition) is 1. The molecular weight excluding hydrogens is 494 g/mol. The molecule has 5 aromatic rings. The van der Waals surface area contributed by atoms with Crippen molar-refractivity contribution in [3.8, 4) is 22.3 Å². The molecule has 3 aliphatic carbocycles. The molecule has 1 nitrogen and oxygen atoms in total. The van der Waals surface area contributed by atoms with Gasteiger partial charge < -0.3 is 5.32 Å². The minimum absolute atomic E-state index is 0.0878. The number of anilines is 2. The first-order valence-corrected chi connectivity index (χ1v) is 15.4. The van der Waals surface area contributed by atoms with Gasteiger partial charge >= 0.3 is 0 Å². The number of fused-ring (bicyclic) bond motifs is 10. The van der Waals surface area contributed by atoms with E-state index in [1.54, 1.807) is 5.56 Å². The summed E-state index contributed by atoms with van der Waals surface area (Å²) in [6.07, 6.45) is 6.37. The zero-order valence-electron chi connectivity index (χ0n) is 24.6. The normalized spacial score (nSPS) is 17.2. The Bertz CT molecular complexity index is 1830. The van der Waals surface area contributed by atoms with Crippen molar-refractivity contribution in [3.63, 3.8) is 0 Å². The fourth-order valence-electron chi connectivity index (χ4n) is 8.17. The molecule has 1 N–H and O–H groups in total. The predicted octanol–water partition coefficient (Wildman–Crippen LogP) is 10.8. The molecular formula is C40H37N. The van der Waals surface area contributed by atoms with E-state index in [1.807, 2.05) is 0 Å². The number of hydrogen-bond donors (Lipinski definition) is 1. The van der Waals surface area contributed by atoms with E-state index in [4.69, 9.17) is 0 Å². The van der Waals surface area contributed by atoms with Crippen molar-refractivity contribution in [2.24, 2.45) is 0 Å². The maximum absolute atomic E-state index is 3.73. The van der Waals surface area contributed by atoms with Gasteiger partial charge in [0, 0.05) is 38.7 Å². The molecule has 0 atom stereocenters. The van der Waals surface area contributed by atoms with E-state index in [0.29, 0.717) is 5.92 Å². The lowest BCUT2D eigenvalue weighted by Gasteiger charge is -2.36. The number of rotatable bonds is 3.